The molecule has 0 fully saturated rings. The second-order valence-corrected chi connectivity index (χ2v) is 5.12. The molecule has 0 spiro atoms. The monoisotopic (exact) mass is 299 g/mol. The molecule has 1 heterocycles. The lowest BCUT2D eigenvalue weighted by molar-refractivity contribution is -0.0494. The molecule has 0 bridgehead atoms. The Kier molecular flexibility index (Phi) is 4.79. The lowest BCUT2D eigenvalue weighted by atomic mass is 10.2. The molecule has 0 unspecified atom stereocenters. The van der Waals surface area contributed by atoms with Crippen LogP contribution in [0.5, 0.6) is 11.5 Å². The van der Waals surface area contributed by atoms with Crippen molar-refractivity contribution in [2.45, 2.75) is 20.1 Å². The predicted octanol–water partition coefficient (Wildman–Crippen LogP) is 4.28. The number of aryl methyl sites for hydroxylation is 1. The molecular weight excluding hydrogens is 284 g/mol. The van der Waals surface area contributed by atoms with Gasteiger partial charge in [-0.15, -0.1) is 11.3 Å². The van der Waals surface area contributed by atoms with E-state index >= 15 is 0 Å². The molecule has 1 aromatic carbocycles. The number of rotatable bonds is 6. The van der Waals surface area contributed by atoms with E-state index in [0.717, 1.165) is 4.88 Å². The van der Waals surface area contributed by atoms with Gasteiger partial charge >= 0.3 is 6.61 Å². The first-order valence-electron chi connectivity index (χ1n) is 6.00. The largest absolute Gasteiger partial charge is 0.497 e. The minimum atomic E-state index is -2.85. The average Bonchev–Trinajstić information content (AvgIpc) is 2.82. The van der Waals surface area contributed by atoms with Gasteiger partial charge in [0.25, 0.3) is 0 Å². The summed E-state index contributed by atoms with van der Waals surface area (Å²) in [5.74, 6) is 0.687. The van der Waals surface area contributed by atoms with E-state index in [1.54, 1.807) is 23.5 Å². The molecule has 0 saturated carbocycles. The van der Waals surface area contributed by atoms with Gasteiger partial charge in [0.2, 0.25) is 0 Å². The molecule has 0 radical (unpaired) electrons. The molecule has 0 aliphatic rings. The number of alkyl halides is 2. The number of hydrogen-bond donors (Lipinski definition) is 1. The number of ether oxygens (including phenoxy) is 2. The van der Waals surface area contributed by atoms with Gasteiger partial charge in [-0.1, -0.05) is 0 Å². The van der Waals surface area contributed by atoms with Gasteiger partial charge in [-0.2, -0.15) is 8.78 Å². The Morgan fingerprint density at radius 3 is 2.70 bits per heavy atom. The minimum absolute atomic E-state index is 0.106. The highest BCUT2D eigenvalue weighted by Gasteiger charge is 2.11. The van der Waals surface area contributed by atoms with Gasteiger partial charge < -0.3 is 14.8 Å². The molecule has 1 N–H and O–H groups in total. The Labute approximate surface area is 120 Å². The van der Waals surface area contributed by atoms with Crippen molar-refractivity contribution in [1.29, 1.82) is 0 Å². The molecule has 108 valence electrons. The number of thiophene rings is 1. The van der Waals surface area contributed by atoms with Crippen LogP contribution in [0.1, 0.15) is 10.4 Å². The van der Waals surface area contributed by atoms with Crippen LogP contribution in [0.3, 0.4) is 0 Å². The Bertz CT molecular complexity index is 572. The van der Waals surface area contributed by atoms with Gasteiger partial charge in [0.15, 0.2) is 0 Å². The fourth-order valence-electron chi connectivity index (χ4n) is 1.73. The highest BCUT2D eigenvalue weighted by Crippen LogP contribution is 2.31. The second kappa shape index (κ2) is 6.56. The third-order valence-electron chi connectivity index (χ3n) is 2.81. The maximum absolute atomic E-state index is 12.4. The minimum Gasteiger partial charge on any atom is -0.497 e. The molecule has 0 aliphatic carbocycles. The van der Waals surface area contributed by atoms with E-state index in [1.165, 1.54) is 18.7 Å². The molecule has 3 nitrogen and oxygen atoms in total. The number of anilines is 1. The number of benzene rings is 1. The molecule has 0 saturated heterocycles. The molecule has 2 aromatic rings. The SMILES string of the molecule is COc1ccc(OC(F)F)c(NCc2sccc2C)c1. The highest BCUT2D eigenvalue weighted by molar-refractivity contribution is 7.10. The lowest BCUT2D eigenvalue weighted by Gasteiger charge is -2.14. The third kappa shape index (κ3) is 3.60. The van der Waals surface area contributed by atoms with Crippen LogP contribution in [-0.2, 0) is 6.54 Å². The maximum atomic E-state index is 12.4. The summed E-state index contributed by atoms with van der Waals surface area (Å²) in [6, 6.07) is 6.71. The van der Waals surface area contributed by atoms with Crippen molar-refractivity contribution < 1.29 is 18.3 Å². The quantitative estimate of drug-likeness (QED) is 0.863. The molecular formula is C14H15F2NO2S. The van der Waals surface area contributed by atoms with E-state index < -0.39 is 6.61 Å². The van der Waals surface area contributed by atoms with E-state index in [2.05, 4.69) is 10.1 Å². The van der Waals surface area contributed by atoms with Crippen LogP contribution in [0.25, 0.3) is 0 Å². The number of hydrogen-bond acceptors (Lipinski definition) is 4. The number of halogens is 2. The summed E-state index contributed by atoms with van der Waals surface area (Å²) in [5, 5.41) is 5.10. The van der Waals surface area contributed by atoms with Crippen molar-refractivity contribution in [1.82, 2.24) is 0 Å². The summed E-state index contributed by atoms with van der Waals surface area (Å²) in [6.45, 7) is -0.293. The van der Waals surface area contributed by atoms with Gasteiger partial charge in [0.1, 0.15) is 11.5 Å². The summed E-state index contributed by atoms with van der Waals surface area (Å²) in [6.07, 6.45) is 0. The van der Waals surface area contributed by atoms with E-state index in [-0.39, 0.29) is 5.75 Å². The zero-order chi connectivity index (χ0) is 14.5. The van der Waals surface area contributed by atoms with E-state index in [9.17, 15) is 8.78 Å². The van der Waals surface area contributed by atoms with Crippen LogP contribution in [0.4, 0.5) is 14.5 Å². The first kappa shape index (κ1) is 14.6. The highest BCUT2D eigenvalue weighted by atomic mass is 32.1. The van der Waals surface area contributed by atoms with Crippen molar-refractivity contribution in [2.75, 3.05) is 12.4 Å². The van der Waals surface area contributed by atoms with Crippen LogP contribution in [0.15, 0.2) is 29.6 Å². The summed E-state index contributed by atoms with van der Waals surface area (Å²) >= 11 is 1.62. The smallest absolute Gasteiger partial charge is 0.387 e. The Balaban J connectivity index is 2.17. The van der Waals surface area contributed by atoms with Crippen LogP contribution in [0.2, 0.25) is 0 Å². The van der Waals surface area contributed by atoms with Crippen molar-refractivity contribution in [2.24, 2.45) is 0 Å². The first-order chi connectivity index (χ1) is 9.60. The molecule has 1 aromatic heterocycles. The van der Waals surface area contributed by atoms with Gasteiger partial charge in [0.05, 0.1) is 12.8 Å². The molecule has 6 heteroatoms. The standard InChI is InChI=1S/C14H15F2NO2S/c1-9-5-6-20-13(9)8-17-11-7-10(18-2)3-4-12(11)19-14(15)16/h3-7,14,17H,8H2,1-2H3. The zero-order valence-electron chi connectivity index (χ0n) is 11.2. The molecule has 2 rings (SSSR count). The summed E-state index contributed by atoms with van der Waals surface area (Å²) < 4.78 is 34.4. The van der Waals surface area contributed by atoms with Crippen molar-refractivity contribution >= 4 is 17.0 Å². The predicted molar refractivity (Wildman–Crippen MR) is 76.0 cm³/mol. The second-order valence-electron chi connectivity index (χ2n) is 4.12. The van der Waals surface area contributed by atoms with Crippen LogP contribution >= 0.6 is 11.3 Å². The normalized spacial score (nSPS) is 10.7. The van der Waals surface area contributed by atoms with E-state index in [4.69, 9.17) is 4.74 Å². The number of nitrogens with one attached hydrogen (secondary N) is 1. The van der Waals surface area contributed by atoms with Crippen LogP contribution < -0.4 is 14.8 Å². The summed E-state index contributed by atoms with van der Waals surface area (Å²) in [7, 11) is 1.52. The maximum Gasteiger partial charge on any atom is 0.387 e. The van der Waals surface area contributed by atoms with Crippen LogP contribution in [0, 0.1) is 6.92 Å². The van der Waals surface area contributed by atoms with Gasteiger partial charge in [-0.05, 0) is 36.1 Å². The Hall–Kier alpha value is -1.82. The van der Waals surface area contributed by atoms with E-state index in [1.807, 2.05) is 18.4 Å². The third-order valence-corrected chi connectivity index (χ3v) is 3.83. The molecule has 0 amide bonds. The molecule has 0 aliphatic heterocycles. The van der Waals surface area contributed by atoms with Crippen molar-refractivity contribution in [3.05, 3.63) is 40.1 Å². The topological polar surface area (TPSA) is 30.5 Å². The Morgan fingerprint density at radius 2 is 2.10 bits per heavy atom. The van der Waals surface area contributed by atoms with Crippen LogP contribution in [-0.4, -0.2) is 13.7 Å². The Morgan fingerprint density at radius 1 is 1.30 bits per heavy atom. The molecule has 0 atom stereocenters. The van der Waals surface area contributed by atoms with Gasteiger partial charge in [0, 0.05) is 17.5 Å². The zero-order valence-corrected chi connectivity index (χ0v) is 12.0. The van der Waals surface area contributed by atoms with Gasteiger partial charge in [-0.25, -0.2) is 0 Å². The summed E-state index contributed by atoms with van der Waals surface area (Å²) in [5.41, 5.74) is 1.65. The van der Waals surface area contributed by atoms with Crippen molar-refractivity contribution in [3.8, 4) is 11.5 Å². The average molecular weight is 299 g/mol. The lowest BCUT2D eigenvalue weighted by Crippen LogP contribution is -2.06. The fourth-order valence-corrected chi connectivity index (χ4v) is 2.58. The molecule has 20 heavy (non-hydrogen) atoms. The van der Waals surface area contributed by atoms with Gasteiger partial charge in [-0.3, -0.25) is 0 Å². The fraction of sp³-hybridized carbons (Fsp3) is 0.286. The first-order valence-corrected chi connectivity index (χ1v) is 6.88. The summed E-state index contributed by atoms with van der Waals surface area (Å²) in [4.78, 5) is 1.15. The van der Waals surface area contributed by atoms with E-state index in [0.29, 0.717) is 18.0 Å². The number of methoxy groups -OCH3 is 1. The van der Waals surface area contributed by atoms with Crippen molar-refractivity contribution in [3.63, 3.8) is 0 Å².